The van der Waals surface area contributed by atoms with Crippen molar-refractivity contribution in [3.8, 4) is 5.75 Å². The molecular weight excluding hydrogens is 621 g/mol. The standard InChI is InChI=1S/C33H33Cl2N3O5S/c1-23-12-15-28(16-13-23)44(41,42)38(26-10-7-11-27(20-26)43-3)22-32(39)37(21-25-14-17-29(34)30(35)18-25)31(33(40)36-2)19-24-8-5-4-6-9-24/h4-18,20,31H,19,21-22H2,1-3H3,(H,36,40)/t31-/m1/s1. The number of nitrogens with zero attached hydrogens (tertiary/aromatic N) is 2. The molecule has 2 amide bonds. The number of methoxy groups -OCH3 is 1. The fourth-order valence-corrected chi connectivity index (χ4v) is 6.41. The molecular formula is C33H33Cl2N3O5S. The molecule has 1 N–H and O–H groups in total. The number of benzene rings is 4. The smallest absolute Gasteiger partial charge is 0.264 e. The van der Waals surface area contributed by atoms with Gasteiger partial charge in [-0.25, -0.2) is 8.42 Å². The van der Waals surface area contributed by atoms with Crippen molar-refractivity contribution in [2.75, 3.05) is 25.0 Å². The minimum atomic E-state index is -4.23. The van der Waals surface area contributed by atoms with Crippen molar-refractivity contribution in [2.24, 2.45) is 0 Å². The fourth-order valence-electron chi connectivity index (χ4n) is 4.69. The second kappa shape index (κ2) is 14.6. The van der Waals surface area contributed by atoms with Crippen LogP contribution < -0.4 is 14.4 Å². The van der Waals surface area contributed by atoms with E-state index in [1.165, 1.54) is 31.2 Å². The summed E-state index contributed by atoms with van der Waals surface area (Å²) < 4.78 is 34.6. The maximum atomic E-state index is 14.4. The number of hydrogen-bond donors (Lipinski definition) is 1. The summed E-state index contributed by atoms with van der Waals surface area (Å²) in [6.45, 7) is 1.23. The Morgan fingerprint density at radius 1 is 0.864 bits per heavy atom. The molecule has 0 saturated heterocycles. The third kappa shape index (κ3) is 7.91. The second-order valence-corrected chi connectivity index (χ2v) is 12.8. The van der Waals surface area contributed by atoms with Gasteiger partial charge in [0.25, 0.3) is 10.0 Å². The number of aryl methyl sites for hydroxylation is 1. The monoisotopic (exact) mass is 653 g/mol. The Morgan fingerprint density at radius 2 is 1.57 bits per heavy atom. The highest BCUT2D eigenvalue weighted by Crippen LogP contribution is 2.29. The topological polar surface area (TPSA) is 96.0 Å². The van der Waals surface area contributed by atoms with E-state index in [1.807, 2.05) is 37.3 Å². The van der Waals surface area contributed by atoms with Crippen molar-refractivity contribution in [1.82, 2.24) is 10.2 Å². The predicted octanol–water partition coefficient (Wildman–Crippen LogP) is 5.89. The minimum absolute atomic E-state index is 0.0156. The molecule has 44 heavy (non-hydrogen) atoms. The lowest BCUT2D eigenvalue weighted by Crippen LogP contribution is -2.53. The molecule has 0 fully saturated rings. The van der Waals surface area contributed by atoms with E-state index >= 15 is 0 Å². The Balaban J connectivity index is 1.81. The van der Waals surface area contributed by atoms with E-state index in [4.69, 9.17) is 27.9 Å². The van der Waals surface area contributed by atoms with Crippen molar-refractivity contribution in [2.45, 2.75) is 30.8 Å². The first kappa shape index (κ1) is 32.9. The van der Waals surface area contributed by atoms with Crippen molar-refractivity contribution in [3.63, 3.8) is 0 Å². The van der Waals surface area contributed by atoms with Crippen molar-refractivity contribution >= 4 is 50.7 Å². The summed E-state index contributed by atoms with van der Waals surface area (Å²) in [5, 5.41) is 3.29. The van der Waals surface area contributed by atoms with Crippen molar-refractivity contribution in [3.05, 3.63) is 124 Å². The molecule has 8 nitrogen and oxygen atoms in total. The maximum Gasteiger partial charge on any atom is 0.264 e. The van der Waals surface area contributed by atoms with Crippen LogP contribution in [0, 0.1) is 6.92 Å². The van der Waals surface area contributed by atoms with Crippen LogP contribution in [0.15, 0.2) is 102 Å². The van der Waals surface area contributed by atoms with Gasteiger partial charge in [0.15, 0.2) is 0 Å². The number of hydrogen-bond acceptors (Lipinski definition) is 5. The van der Waals surface area contributed by atoms with Crippen LogP contribution in [0.1, 0.15) is 16.7 Å². The Bertz CT molecular complexity index is 1720. The zero-order valence-corrected chi connectivity index (χ0v) is 26.9. The van der Waals surface area contributed by atoms with Gasteiger partial charge in [-0.1, -0.05) is 83.4 Å². The van der Waals surface area contributed by atoms with Gasteiger partial charge >= 0.3 is 0 Å². The average molecular weight is 655 g/mol. The van der Waals surface area contributed by atoms with E-state index in [0.29, 0.717) is 16.3 Å². The fraction of sp³-hybridized carbons (Fsp3) is 0.212. The molecule has 0 aromatic heterocycles. The van der Waals surface area contributed by atoms with Crippen LogP contribution in [0.25, 0.3) is 0 Å². The van der Waals surface area contributed by atoms with E-state index < -0.39 is 34.4 Å². The number of amides is 2. The van der Waals surface area contributed by atoms with Gasteiger partial charge in [0.2, 0.25) is 11.8 Å². The SMILES string of the molecule is CNC(=O)[C@@H](Cc1ccccc1)N(Cc1ccc(Cl)c(Cl)c1)C(=O)CN(c1cccc(OC)c1)S(=O)(=O)c1ccc(C)cc1. The first-order valence-corrected chi connectivity index (χ1v) is 16.0. The van der Waals surface area contributed by atoms with E-state index in [-0.39, 0.29) is 28.6 Å². The number of sulfonamides is 1. The molecule has 4 aromatic rings. The molecule has 0 radical (unpaired) electrons. The van der Waals surface area contributed by atoms with Crippen LogP contribution in [0.4, 0.5) is 5.69 Å². The maximum absolute atomic E-state index is 14.4. The molecule has 0 spiro atoms. The molecule has 0 aliphatic carbocycles. The quantitative estimate of drug-likeness (QED) is 0.206. The molecule has 0 unspecified atom stereocenters. The van der Waals surface area contributed by atoms with Crippen LogP contribution >= 0.6 is 23.2 Å². The number of nitrogens with one attached hydrogen (secondary N) is 1. The molecule has 0 aliphatic heterocycles. The van der Waals surface area contributed by atoms with E-state index in [9.17, 15) is 18.0 Å². The third-order valence-corrected chi connectivity index (χ3v) is 9.61. The van der Waals surface area contributed by atoms with Crippen LogP contribution in [-0.4, -0.2) is 51.9 Å². The number of carbonyl (C=O) groups excluding carboxylic acids is 2. The normalized spacial score (nSPS) is 11.8. The largest absolute Gasteiger partial charge is 0.497 e. The Hall–Kier alpha value is -4.05. The van der Waals surface area contributed by atoms with Crippen LogP contribution in [0.3, 0.4) is 0 Å². The second-order valence-electron chi connectivity index (χ2n) is 10.1. The molecule has 0 aliphatic rings. The van der Waals surface area contributed by atoms with E-state index in [2.05, 4.69) is 5.32 Å². The number of likely N-dealkylation sites (N-methyl/N-ethyl adjacent to an activating group) is 1. The zero-order valence-electron chi connectivity index (χ0n) is 24.5. The van der Waals surface area contributed by atoms with Crippen LogP contribution in [-0.2, 0) is 32.6 Å². The van der Waals surface area contributed by atoms with Gasteiger partial charge in [0.05, 0.1) is 27.7 Å². The number of anilines is 1. The summed E-state index contributed by atoms with van der Waals surface area (Å²) in [4.78, 5) is 29.1. The predicted molar refractivity (Wildman–Crippen MR) is 174 cm³/mol. The van der Waals surface area contributed by atoms with Gasteiger partial charge < -0.3 is 15.0 Å². The Labute approximate surface area is 268 Å². The van der Waals surface area contributed by atoms with Crippen LogP contribution in [0.5, 0.6) is 5.75 Å². The van der Waals surface area contributed by atoms with Crippen molar-refractivity contribution in [1.29, 1.82) is 0 Å². The minimum Gasteiger partial charge on any atom is -0.497 e. The third-order valence-electron chi connectivity index (χ3n) is 7.08. The van der Waals surface area contributed by atoms with E-state index in [1.54, 1.807) is 54.6 Å². The molecule has 0 heterocycles. The molecule has 0 bridgehead atoms. The Morgan fingerprint density at radius 3 is 2.20 bits per heavy atom. The lowest BCUT2D eigenvalue weighted by Gasteiger charge is -2.33. The summed E-state index contributed by atoms with van der Waals surface area (Å²) in [7, 11) is -1.26. The summed E-state index contributed by atoms with van der Waals surface area (Å²) in [5.41, 5.74) is 2.55. The highest BCUT2D eigenvalue weighted by atomic mass is 35.5. The van der Waals surface area contributed by atoms with Gasteiger partial charge in [-0.05, 0) is 54.4 Å². The first-order valence-electron chi connectivity index (χ1n) is 13.8. The lowest BCUT2D eigenvalue weighted by molar-refractivity contribution is -0.139. The molecule has 11 heteroatoms. The molecule has 1 atom stereocenters. The van der Waals surface area contributed by atoms with Crippen molar-refractivity contribution < 1.29 is 22.7 Å². The molecule has 0 saturated carbocycles. The average Bonchev–Trinajstić information content (AvgIpc) is 3.03. The van der Waals surface area contributed by atoms with Gasteiger partial charge in [-0.15, -0.1) is 0 Å². The first-order chi connectivity index (χ1) is 21.0. The molecule has 4 aromatic carbocycles. The molecule has 230 valence electrons. The number of ether oxygens (including phenoxy) is 1. The lowest BCUT2D eigenvalue weighted by atomic mass is 10.0. The highest BCUT2D eigenvalue weighted by Gasteiger charge is 2.34. The summed E-state index contributed by atoms with van der Waals surface area (Å²) in [5.74, 6) is -0.588. The van der Waals surface area contributed by atoms with E-state index in [0.717, 1.165) is 15.4 Å². The summed E-state index contributed by atoms with van der Waals surface area (Å²) in [6, 6.07) is 26.1. The number of carbonyl (C=O) groups is 2. The van der Waals surface area contributed by atoms with Gasteiger partial charge in [0, 0.05) is 26.1 Å². The van der Waals surface area contributed by atoms with Gasteiger partial charge in [0.1, 0.15) is 18.3 Å². The number of rotatable bonds is 12. The summed E-state index contributed by atoms with van der Waals surface area (Å²) >= 11 is 12.4. The van der Waals surface area contributed by atoms with Crippen LogP contribution in [0.2, 0.25) is 10.0 Å². The Kier molecular flexibility index (Phi) is 10.9. The number of halogens is 2. The zero-order chi connectivity index (χ0) is 31.9. The molecule has 4 rings (SSSR count). The summed E-state index contributed by atoms with van der Waals surface area (Å²) in [6.07, 6.45) is 0.192. The highest BCUT2D eigenvalue weighted by molar-refractivity contribution is 7.92. The van der Waals surface area contributed by atoms with Gasteiger partial charge in [-0.3, -0.25) is 13.9 Å². The van der Waals surface area contributed by atoms with Gasteiger partial charge in [-0.2, -0.15) is 0 Å².